The Morgan fingerprint density at radius 3 is 2.92 bits per heavy atom. The van der Waals surface area contributed by atoms with Gasteiger partial charge in [0.2, 0.25) is 0 Å². The molecule has 0 bridgehead atoms. The van der Waals surface area contributed by atoms with Crippen LogP contribution in [0.15, 0.2) is 42.6 Å². The first-order valence-corrected chi connectivity index (χ1v) is 8.81. The number of hydrogen-bond acceptors (Lipinski definition) is 5. The van der Waals surface area contributed by atoms with E-state index < -0.39 is 0 Å². The Kier molecular flexibility index (Phi) is 4.61. The van der Waals surface area contributed by atoms with Gasteiger partial charge in [0.1, 0.15) is 11.4 Å². The summed E-state index contributed by atoms with van der Waals surface area (Å²) in [6, 6.07) is 11.2. The van der Waals surface area contributed by atoms with E-state index in [1.54, 1.807) is 19.4 Å². The van der Waals surface area contributed by atoms with Gasteiger partial charge in [-0.3, -0.25) is 9.78 Å². The van der Waals surface area contributed by atoms with Gasteiger partial charge in [-0.05, 0) is 30.3 Å². The number of amides is 1. The summed E-state index contributed by atoms with van der Waals surface area (Å²) in [4.78, 5) is 19.3. The van der Waals surface area contributed by atoms with Crippen LogP contribution in [0.2, 0.25) is 0 Å². The highest BCUT2D eigenvalue weighted by Gasteiger charge is 2.41. The predicted octanol–water partition coefficient (Wildman–Crippen LogP) is 2.39. The average molecular weight is 354 g/mol. The molecule has 0 radical (unpaired) electrons. The molecular formula is C20H22N2O4. The number of ether oxygens (including phenoxy) is 3. The average Bonchev–Trinajstić information content (AvgIpc) is 3.15. The molecule has 4 rings (SSSR count). The third-order valence-corrected chi connectivity index (χ3v) is 4.99. The van der Waals surface area contributed by atoms with E-state index in [1.165, 1.54) is 0 Å². The summed E-state index contributed by atoms with van der Waals surface area (Å²) >= 11 is 0. The molecule has 0 saturated carbocycles. The zero-order valence-corrected chi connectivity index (χ0v) is 14.8. The minimum absolute atomic E-state index is 0.000547. The lowest BCUT2D eigenvalue weighted by atomic mass is 9.99. The molecule has 0 unspecified atom stereocenters. The number of carbonyl (C=O) groups is 1. The van der Waals surface area contributed by atoms with Crippen LogP contribution in [0.4, 0.5) is 0 Å². The molecule has 1 atom stereocenters. The van der Waals surface area contributed by atoms with Crippen LogP contribution in [0.5, 0.6) is 5.75 Å². The molecule has 1 aromatic carbocycles. The molecule has 26 heavy (non-hydrogen) atoms. The van der Waals surface area contributed by atoms with E-state index >= 15 is 0 Å². The number of rotatable bonds is 3. The molecule has 0 aliphatic carbocycles. The van der Waals surface area contributed by atoms with Gasteiger partial charge in [0.05, 0.1) is 32.6 Å². The fraction of sp³-hybridized carbons (Fsp3) is 0.400. The smallest absolute Gasteiger partial charge is 0.254 e. The topological polar surface area (TPSA) is 60.9 Å². The summed E-state index contributed by atoms with van der Waals surface area (Å²) in [5, 5.41) is 0. The van der Waals surface area contributed by atoms with Crippen LogP contribution in [0.1, 0.15) is 16.8 Å². The Hall–Kier alpha value is -2.44. The van der Waals surface area contributed by atoms with Gasteiger partial charge in [0.15, 0.2) is 0 Å². The van der Waals surface area contributed by atoms with Gasteiger partial charge >= 0.3 is 0 Å². The minimum atomic E-state index is -0.343. The second kappa shape index (κ2) is 7.05. The van der Waals surface area contributed by atoms with Crippen LogP contribution < -0.4 is 4.74 Å². The van der Waals surface area contributed by atoms with Gasteiger partial charge in [0, 0.05) is 36.9 Å². The first-order chi connectivity index (χ1) is 12.7. The Morgan fingerprint density at radius 1 is 1.27 bits per heavy atom. The molecule has 2 aliphatic rings. The Balaban J connectivity index is 1.62. The number of hydrogen-bond donors (Lipinski definition) is 0. The number of methoxy groups -OCH3 is 1. The second-order valence-corrected chi connectivity index (χ2v) is 6.69. The number of carbonyl (C=O) groups excluding carboxylic acids is 1. The summed E-state index contributed by atoms with van der Waals surface area (Å²) in [5.74, 6) is 0.697. The molecular weight excluding hydrogens is 332 g/mol. The van der Waals surface area contributed by atoms with Crippen molar-refractivity contribution < 1.29 is 19.0 Å². The van der Waals surface area contributed by atoms with Gasteiger partial charge in [-0.2, -0.15) is 0 Å². The fourth-order valence-corrected chi connectivity index (χ4v) is 3.59. The Morgan fingerprint density at radius 2 is 2.19 bits per heavy atom. The lowest BCUT2D eigenvalue weighted by molar-refractivity contribution is -0.0995. The van der Waals surface area contributed by atoms with Crippen LogP contribution in [-0.2, 0) is 9.47 Å². The van der Waals surface area contributed by atoms with Crippen LogP contribution >= 0.6 is 0 Å². The third-order valence-electron chi connectivity index (χ3n) is 4.99. The molecule has 1 spiro atoms. The minimum Gasteiger partial charge on any atom is -0.496 e. The SMILES string of the molecule is COc1ccc(C(=O)N2CCO[C@]3(CCOC3)C2)cc1-c1ccccn1. The summed E-state index contributed by atoms with van der Waals surface area (Å²) in [5.41, 5.74) is 1.87. The molecule has 2 fully saturated rings. The molecule has 2 saturated heterocycles. The number of benzene rings is 1. The van der Waals surface area contributed by atoms with Gasteiger partial charge in [-0.25, -0.2) is 0 Å². The molecule has 2 aromatic rings. The number of morpholine rings is 1. The first kappa shape index (κ1) is 17.0. The molecule has 3 heterocycles. The number of pyridine rings is 1. The van der Waals surface area contributed by atoms with Gasteiger partial charge < -0.3 is 19.1 Å². The highest BCUT2D eigenvalue weighted by atomic mass is 16.6. The van der Waals surface area contributed by atoms with E-state index in [2.05, 4.69) is 4.98 Å². The van der Waals surface area contributed by atoms with E-state index in [4.69, 9.17) is 14.2 Å². The maximum Gasteiger partial charge on any atom is 0.254 e. The van der Waals surface area contributed by atoms with Crippen molar-refractivity contribution in [1.29, 1.82) is 0 Å². The van der Waals surface area contributed by atoms with Crippen molar-refractivity contribution >= 4 is 5.91 Å². The second-order valence-electron chi connectivity index (χ2n) is 6.69. The van der Waals surface area contributed by atoms with Crippen molar-refractivity contribution in [3.8, 4) is 17.0 Å². The number of nitrogens with zero attached hydrogens (tertiary/aromatic N) is 2. The normalized spacial score (nSPS) is 22.6. The summed E-state index contributed by atoms with van der Waals surface area (Å²) < 4.78 is 16.9. The van der Waals surface area contributed by atoms with Crippen LogP contribution in [0, 0.1) is 0 Å². The third kappa shape index (κ3) is 3.18. The van der Waals surface area contributed by atoms with Gasteiger partial charge in [-0.15, -0.1) is 0 Å². The summed E-state index contributed by atoms with van der Waals surface area (Å²) in [6.07, 6.45) is 2.56. The van der Waals surface area contributed by atoms with E-state index in [9.17, 15) is 4.79 Å². The van der Waals surface area contributed by atoms with Crippen molar-refractivity contribution in [2.45, 2.75) is 12.0 Å². The molecule has 2 aliphatic heterocycles. The lowest BCUT2D eigenvalue weighted by Crippen LogP contribution is -2.54. The van der Waals surface area contributed by atoms with Crippen molar-refractivity contribution in [2.75, 3.05) is 40.0 Å². The van der Waals surface area contributed by atoms with E-state index in [0.29, 0.717) is 44.2 Å². The van der Waals surface area contributed by atoms with E-state index in [-0.39, 0.29) is 11.5 Å². The molecule has 1 amide bonds. The van der Waals surface area contributed by atoms with Crippen LogP contribution in [0.3, 0.4) is 0 Å². The highest BCUT2D eigenvalue weighted by molar-refractivity contribution is 5.96. The fourth-order valence-electron chi connectivity index (χ4n) is 3.59. The molecule has 6 nitrogen and oxygen atoms in total. The maximum absolute atomic E-state index is 13.1. The van der Waals surface area contributed by atoms with Gasteiger partial charge in [-0.1, -0.05) is 6.07 Å². The summed E-state index contributed by atoms with van der Waals surface area (Å²) in [7, 11) is 1.62. The summed E-state index contributed by atoms with van der Waals surface area (Å²) in [6.45, 7) is 2.94. The number of aromatic nitrogens is 1. The van der Waals surface area contributed by atoms with E-state index in [1.807, 2.05) is 35.2 Å². The molecule has 0 N–H and O–H groups in total. The zero-order valence-electron chi connectivity index (χ0n) is 14.8. The lowest BCUT2D eigenvalue weighted by Gasteiger charge is -2.39. The Labute approximate surface area is 152 Å². The Bertz CT molecular complexity index is 788. The zero-order chi connectivity index (χ0) is 18.0. The first-order valence-electron chi connectivity index (χ1n) is 8.81. The van der Waals surface area contributed by atoms with Crippen molar-refractivity contribution in [3.63, 3.8) is 0 Å². The predicted molar refractivity (Wildman–Crippen MR) is 96.2 cm³/mol. The maximum atomic E-state index is 13.1. The standard InChI is InChI=1S/C20H22N2O4/c1-24-18-6-5-15(12-16(18)17-4-2-3-8-21-17)19(23)22-9-11-26-20(13-22)7-10-25-14-20/h2-6,8,12H,7,9-11,13-14H2,1H3/t20-/m1/s1. The van der Waals surface area contributed by atoms with Crippen molar-refractivity contribution in [3.05, 3.63) is 48.2 Å². The van der Waals surface area contributed by atoms with Crippen molar-refractivity contribution in [2.24, 2.45) is 0 Å². The largest absolute Gasteiger partial charge is 0.496 e. The molecule has 136 valence electrons. The molecule has 1 aromatic heterocycles. The van der Waals surface area contributed by atoms with Gasteiger partial charge in [0.25, 0.3) is 5.91 Å². The highest BCUT2D eigenvalue weighted by Crippen LogP contribution is 2.31. The van der Waals surface area contributed by atoms with Crippen molar-refractivity contribution in [1.82, 2.24) is 9.88 Å². The quantitative estimate of drug-likeness (QED) is 0.847. The molecule has 6 heteroatoms. The monoisotopic (exact) mass is 354 g/mol. The van der Waals surface area contributed by atoms with Crippen LogP contribution in [0.25, 0.3) is 11.3 Å². The van der Waals surface area contributed by atoms with Crippen LogP contribution in [-0.4, -0.2) is 61.4 Å². The van der Waals surface area contributed by atoms with E-state index in [0.717, 1.165) is 17.7 Å².